The summed E-state index contributed by atoms with van der Waals surface area (Å²) in [5.41, 5.74) is 11.7. The maximum absolute atomic E-state index is 13.0. The number of benzene rings is 3. The molecular weight excluding hydrogens is 476 g/mol. The van der Waals surface area contributed by atoms with Crippen LogP contribution in [0.25, 0.3) is 0 Å². The minimum absolute atomic E-state index is 0.231. The number of nitrogens with two attached hydrogens (primary N) is 1. The van der Waals surface area contributed by atoms with Gasteiger partial charge in [-0.05, 0) is 91.6 Å². The molecular formula is C31H34N4O3. The van der Waals surface area contributed by atoms with Crippen LogP contribution in [-0.4, -0.2) is 31.1 Å². The first-order chi connectivity index (χ1) is 18.5. The van der Waals surface area contributed by atoms with E-state index in [4.69, 9.17) is 10.5 Å². The van der Waals surface area contributed by atoms with Crippen molar-refractivity contribution in [2.45, 2.75) is 50.7 Å². The third kappa shape index (κ3) is 5.53. The van der Waals surface area contributed by atoms with Crippen LogP contribution in [-0.2, 0) is 17.8 Å². The fourth-order valence-corrected chi connectivity index (χ4v) is 5.25. The highest BCUT2D eigenvalue weighted by Gasteiger charge is 2.38. The monoisotopic (exact) mass is 510 g/mol. The van der Waals surface area contributed by atoms with Gasteiger partial charge < -0.3 is 21.1 Å². The highest BCUT2D eigenvalue weighted by Crippen LogP contribution is 2.41. The number of anilines is 3. The Kier molecular flexibility index (Phi) is 6.77. The molecule has 38 heavy (non-hydrogen) atoms. The van der Waals surface area contributed by atoms with E-state index in [1.165, 1.54) is 24.8 Å². The van der Waals surface area contributed by atoms with E-state index < -0.39 is 0 Å². The molecule has 0 aromatic heterocycles. The van der Waals surface area contributed by atoms with Gasteiger partial charge >= 0.3 is 6.09 Å². The van der Waals surface area contributed by atoms with E-state index in [1.54, 1.807) is 23.1 Å². The van der Waals surface area contributed by atoms with Crippen molar-refractivity contribution in [3.63, 3.8) is 0 Å². The lowest BCUT2D eigenvalue weighted by molar-refractivity contribution is 0.102. The zero-order chi connectivity index (χ0) is 26.1. The molecule has 1 aliphatic heterocycles. The topological polar surface area (TPSA) is 96.7 Å². The van der Waals surface area contributed by atoms with Crippen LogP contribution in [0.15, 0.2) is 66.7 Å². The van der Waals surface area contributed by atoms with Gasteiger partial charge in [-0.2, -0.15) is 0 Å². The molecule has 6 rings (SSSR count). The number of rotatable bonds is 8. The molecule has 196 valence electrons. The van der Waals surface area contributed by atoms with Crippen LogP contribution in [0.2, 0.25) is 0 Å². The number of fused-ring (bicyclic) bond motifs is 1. The zero-order valence-electron chi connectivity index (χ0n) is 21.5. The van der Waals surface area contributed by atoms with Gasteiger partial charge in [-0.25, -0.2) is 4.79 Å². The maximum Gasteiger partial charge on any atom is 0.414 e. The van der Waals surface area contributed by atoms with E-state index >= 15 is 0 Å². The predicted octanol–water partition coefficient (Wildman–Crippen LogP) is 5.47. The van der Waals surface area contributed by atoms with Gasteiger partial charge in [0.05, 0.1) is 17.1 Å². The Morgan fingerprint density at radius 2 is 1.84 bits per heavy atom. The number of carbonyl (C=O) groups is 2. The second-order valence-corrected chi connectivity index (χ2v) is 10.7. The third-order valence-electron chi connectivity index (χ3n) is 7.82. The number of amides is 2. The highest BCUT2D eigenvalue weighted by atomic mass is 16.6. The number of para-hydroxylation sites is 2. The fourth-order valence-electron chi connectivity index (χ4n) is 5.25. The van der Waals surface area contributed by atoms with E-state index in [9.17, 15) is 9.59 Å². The Hall–Kier alpha value is -3.84. The highest BCUT2D eigenvalue weighted by molar-refractivity contribution is 6.06. The number of carbonyl (C=O) groups excluding carboxylic acids is 2. The van der Waals surface area contributed by atoms with Crippen molar-refractivity contribution >= 4 is 29.1 Å². The normalized spacial score (nSPS) is 19.9. The summed E-state index contributed by atoms with van der Waals surface area (Å²) in [4.78, 5) is 27.5. The average molecular weight is 511 g/mol. The molecule has 3 aliphatic rings. The minimum atomic E-state index is -0.365. The lowest BCUT2D eigenvalue weighted by atomic mass is 9.99. The molecule has 2 saturated carbocycles. The molecule has 0 bridgehead atoms. The second kappa shape index (κ2) is 10.5. The van der Waals surface area contributed by atoms with E-state index in [1.807, 2.05) is 24.3 Å². The van der Waals surface area contributed by atoms with E-state index in [2.05, 4.69) is 34.9 Å². The summed E-state index contributed by atoms with van der Waals surface area (Å²) in [7, 11) is 0. The van der Waals surface area contributed by atoms with Gasteiger partial charge in [0.2, 0.25) is 0 Å². The molecule has 7 heteroatoms. The lowest BCUT2D eigenvalue weighted by Gasteiger charge is -2.29. The Morgan fingerprint density at radius 3 is 2.63 bits per heavy atom. The lowest BCUT2D eigenvalue weighted by Crippen LogP contribution is -2.36. The molecule has 0 radical (unpaired) electrons. The molecule has 0 saturated heterocycles. The van der Waals surface area contributed by atoms with E-state index in [0.717, 1.165) is 42.1 Å². The van der Waals surface area contributed by atoms with Crippen molar-refractivity contribution in [1.82, 2.24) is 5.32 Å². The second-order valence-electron chi connectivity index (χ2n) is 10.7. The Balaban J connectivity index is 1.04. The SMILES string of the molecule is Nc1ccccc1NC(=O)c1ccc2c(c1)CCCN2C(=O)OCc1ccc(C2CC2NCC2CC2)cc1. The Morgan fingerprint density at radius 1 is 1.03 bits per heavy atom. The van der Waals surface area contributed by atoms with Crippen molar-refractivity contribution in [2.24, 2.45) is 5.92 Å². The predicted molar refractivity (Wildman–Crippen MR) is 149 cm³/mol. The number of aryl methyl sites for hydroxylation is 1. The van der Waals surface area contributed by atoms with Gasteiger partial charge in [0.15, 0.2) is 0 Å². The summed E-state index contributed by atoms with van der Waals surface area (Å²) >= 11 is 0. The summed E-state index contributed by atoms with van der Waals surface area (Å²) in [5.74, 6) is 1.28. The summed E-state index contributed by atoms with van der Waals surface area (Å²) in [6, 6.07) is 21.7. The molecule has 7 nitrogen and oxygen atoms in total. The van der Waals surface area contributed by atoms with Gasteiger partial charge in [0.25, 0.3) is 5.91 Å². The third-order valence-corrected chi connectivity index (χ3v) is 7.82. The molecule has 2 unspecified atom stereocenters. The molecule has 2 fully saturated rings. The first-order valence-electron chi connectivity index (χ1n) is 13.6. The first kappa shape index (κ1) is 24.5. The van der Waals surface area contributed by atoms with Crippen LogP contribution < -0.4 is 21.3 Å². The number of hydrogen-bond donors (Lipinski definition) is 3. The molecule has 1 heterocycles. The molecule has 2 aliphatic carbocycles. The molecule has 0 spiro atoms. The summed E-state index contributed by atoms with van der Waals surface area (Å²) < 4.78 is 5.68. The van der Waals surface area contributed by atoms with Crippen molar-refractivity contribution in [2.75, 3.05) is 29.0 Å². The van der Waals surface area contributed by atoms with Crippen LogP contribution in [0.5, 0.6) is 0 Å². The van der Waals surface area contributed by atoms with Crippen LogP contribution in [0.4, 0.5) is 21.9 Å². The van der Waals surface area contributed by atoms with Crippen LogP contribution in [0.3, 0.4) is 0 Å². The Bertz CT molecular complexity index is 1340. The summed E-state index contributed by atoms with van der Waals surface area (Å²) in [6.45, 7) is 1.98. The van der Waals surface area contributed by atoms with Crippen molar-refractivity contribution in [3.05, 3.63) is 89.0 Å². The molecule has 4 N–H and O–H groups in total. The van der Waals surface area contributed by atoms with E-state index in [-0.39, 0.29) is 18.6 Å². The van der Waals surface area contributed by atoms with Crippen molar-refractivity contribution in [3.8, 4) is 0 Å². The molecule has 3 aromatic rings. The van der Waals surface area contributed by atoms with Gasteiger partial charge in [0.1, 0.15) is 6.61 Å². The first-order valence-corrected chi connectivity index (χ1v) is 13.6. The van der Waals surface area contributed by atoms with Crippen molar-refractivity contribution < 1.29 is 14.3 Å². The summed E-state index contributed by atoms with van der Waals surface area (Å²) in [5, 5.41) is 6.55. The van der Waals surface area contributed by atoms with Gasteiger partial charge in [0, 0.05) is 24.1 Å². The maximum atomic E-state index is 13.0. The fraction of sp³-hybridized carbons (Fsp3) is 0.355. The quantitative estimate of drug-likeness (QED) is 0.350. The zero-order valence-corrected chi connectivity index (χ0v) is 21.5. The largest absolute Gasteiger partial charge is 0.444 e. The number of ether oxygens (including phenoxy) is 1. The van der Waals surface area contributed by atoms with E-state index in [0.29, 0.717) is 35.4 Å². The minimum Gasteiger partial charge on any atom is -0.444 e. The van der Waals surface area contributed by atoms with Gasteiger partial charge in [-0.3, -0.25) is 9.69 Å². The summed E-state index contributed by atoms with van der Waals surface area (Å²) in [6.07, 6.45) is 5.21. The van der Waals surface area contributed by atoms with Crippen LogP contribution in [0.1, 0.15) is 58.6 Å². The van der Waals surface area contributed by atoms with Gasteiger partial charge in [-0.1, -0.05) is 36.4 Å². The molecule has 3 aromatic carbocycles. The van der Waals surface area contributed by atoms with Crippen LogP contribution >= 0.6 is 0 Å². The van der Waals surface area contributed by atoms with Crippen LogP contribution in [0, 0.1) is 5.92 Å². The smallest absolute Gasteiger partial charge is 0.414 e. The average Bonchev–Trinajstić information content (AvgIpc) is 3.87. The number of nitrogens with zero attached hydrogens (tertiary/aromatic N) is 1. The Labute approximate surface area is 223 Å². The number of nitrogen functional groups attached to an aromatic ring is 1. The number of nitrogens with one attached hydrogen (secondary N) is 2. The molecule has 2 atom stereocenters. The molecule has 2 amide bonds. The number of hydrogen-bond acceptors (Lipinski definition) is 5. The standard InChI is InChI=1S/C31H34N4O3/c32-26-5-1-2-6-27(26)34-30(36)24-13-14-29-23(16-24)4-3-15-35(29)31(37)38-19-21-9-11-22(12-10-21)25-17-28(25)33-18-20-7-8-20/h1-2,5-6,9-14,16,20,25,28,33H,3-4,7-8,15,17-19,32H2,(H,34,36). The van der Waals surface area contributed by atoms with Crippen molar-refractivity contribution in [1.29, 1.82) is 0 Å². The van der Waals surface area contributed by atoms with Gasteiger partial charge in [-0.15, -0.1) is 0 Å².